The van der Waals surface area contributed by atoms with Gasteiger partial charge in [0.2, 0.25) is 0 Å². The molecule has 0 spiro atoms. The summed E-state index contributed by atoms with van der Waals surface area (Å²) in [5.41, 5.74) is 5.11. The van der Waals surface area contributed by atoms with Crippen LogP contribution < -0.4 is 9.80 Å². The minimum atomic E-state index is -0.907. The van der Waals surface area contributed by atoms with Crippen LogP contribution in [0.15, 0.2) is 48.6 Å². The molecule has 1 atom stereocenters. The van der Waals surface area contributed by atoms with Crippen molar-refractivity contribution in [1.82, 2.24) is 0 Å². The highest BCUT2D eigenvalue weighted by Crippen LogP contribution is 2.31. The van der Waals surface area contributed by atoms with Crippen molar-refractivity contribution in [2.45, 2.75) is 25.8 Å². The van der Waals surface area contributed by atoms with E-state index in [2.05, 4.69) is 29.2 Å². The van der Waals surface area contributed by atoms with Gasteiger partial charge in [-0.25, -0.2) is 0 Å². The first-order valence-corrected chi connectivity index (χ1v) is 10.8. The van der Waals surface area contributed by atoms with Crippen molar-refractivity contribution < 1.29 is 19.8 Å². The van der Waals surface area contributed by atoms with E-state index in [0.717, 1.165) is 28.1 Å². The summed E-state index contributed by atoms with van der Waals surface area (Å²) in [6, 6.07) is 11.8. The van der Waals surface area contributed by atoms with Crippen molar-refractivity contribution in [3.63, 3.8) is 0 Å². The highest BCUT2D eigenvalue weighted by atomic mass is 35.5. The van der Waals surface area contributed by atoms with E-state index < -0.39 is 11.9 Å². The maximum atomic E-state index is 11.0. The van der Waals surface area contributed by atoms with Gasteiger partial charge in [-0.2, -0.15) is 0 Å². The molecule has 7 heteroatoms. The van der Waals surface area contributed by atoms with Crippen LogP contribution >= 0.6 is 11.6 Å². The minimum Gasteiger partial charge on any atom is -0.481 e. The van der Waals surface area contributed by atoms with Crippen molar-refractivity contribution in [2.24, 2.45) is 0 Å². The number of aryl methyl sites for hydroxylation is 1. The van der Waals surface area contributed by atoms with Crippen LogP contribution in [0.5, 0.6) is 0 Å². The topological polar surface area (TPSA) is 81.1 Å². The van der Waals surface area contributed by atoms with Gasteiger partial charge in [0.25, 0.3) is 0 Å². The van der Waals surface area contributed by atoms with E-state index in [9.17, 15) is 9.59 Å². The molecule has 2 aromatic rings. The third kappa shape index (κ3) is 5.92. The van der Waals surface area contributed by atoms with Gasteiger partial charge in [-0.05, 0) is 53.9 Å². The Morgan fingerprint density at radius 2 is 1.78 bits per heavy atom. The zero-order chi connectivity index (χ0) is 23.3. The van der Waals surface area contributed by atoms with Crippen LogP contribution in [0.4, 0.5) is 11.4 Å². The van der Waals surface area contributed by atoms with Crippen LogP contribution in [0.3, 0.4) is 0 Å². The first kappa shape index (κ1) is 23.4. The number of aliphatic carboxylic acids is 2. The van der Waals surface area contributed by atoms with Gasteiger partial charge in [0, 0.05) is 36.5 Å². The van der Waals surface area contributed by atoms with Crippen molar-refractivity contribution in [2.75, 3.05) is 29.9 Å². The summed E-state index contributed by atoms with van der Waals surface area (Å²) in [7, 11) is 2.05. The number of carboxylic acids is 2. The molecule has 1 aliphatic heterocycles. The van der Waals surface area contributed by atoms with Crippen molar-refractivity contribution in [3.05, 3.63) is 70.3 Å². The largest absolute Gasteiger partial charge is 0.481 e. The lowest BCUT2D eigenvalue weighted by atomic mass is 10.0. The second kappa shape index (κ2) is 10.4. The van der Waals surface area contributed by atoms with E-state index in [1.807, 2.05) is 55.3 Å². The van der Waals surface area contributed by atoms with Gasteiger partial charge < -0.3 is 20.0 Å². The zero-order valence-electron chi connectivity index (χ0n) is 18.2. The van der Waals surface area contributed by atoms with Gasteiger partial charge >= 0.3 is 11.9 Å². The minimum absolute atomic E-state index is 0.0483. The van der Waals surface area contributed by atoms with Crippen LogP contribution in [-0.2, 0) is 9.59 Å². The maximum absolute atomic E-state index is 11.0. The Hall–Kier alpha value is -3.25. The number of carboxylic acid groups (broad SMARTS) is 2. The monoisotopic (exact) mass is 454 g/mol. The summed E-state index contributed by atoms with van der Waals surface area (Å²) in [5, 5.41) is 18.7. The second-order valence-electron chi connectivity index (χ2n) is 7.84. The van der Waals surface area contributed by atoms with Gasteiger partial charge in [-0.1, -0.05) is 42.0 Å². The quantitative estimate of drug-likeness (QED) is 0.558. The SMILES string of the molecule is Cc1cc(N(CCC(=O)O)CCC(=O)O)ccc1/C=C/C1C=Cc2cc(Cl)ccc2N1C. The average Bonchev–Trinajstić information content (AvgIpc) is 2.73. The first-order chi connectivity index (χ1) is 15.2. The molecule has 0 bridgehead atoms. The number of halogens is 1. The molecular formula is C25H27ClN2O4. The predicted molar refractivity (Wildman–Crippen MR) is 130 cm³/mol. The molecule has 2 N–H and O–H groups in total. The van der Waals surface area contributed by atoms with Crippen LogP contribution in [0, 0.1) is 6.92 Å². The van der Waals surface area contributed by atoms with Crippen molar-refractivity contribution in [1.29, 1.82) is 0 Å². The summed E-state index contributed by atoms with van der Waals surface area (Å²) in [5.74, 6) is -1.81. The van der Waals surface area contributed by atoms with Crippen molar-refractivity contribution in [3.8, 4) is 0 Å². The summed E-state index contributed by atoms with van der Waals surface area (Å²) in [4.78, 5) is 26.0. The Morgan fingerprint density at radius 1 is 1.09 bits per heavy atom. The second-order valence-corrected chi connectivity index (χ2v) is 8.27. The molecule has 0 aliphatic carbocycles. The molecular weight excluding hydrogens is 428 g/mol. The Labute approximate surface area is 193 Å². The summed E-state index contributed by atoms with van der Waals surface area (Å²) < 4.78 is 0. The van der Waals surface area contributed by atoms with Crippen LogP contribution in [0.25, 0.3) is 12.2 Å². The maximum Gasteiger partial charge on any atom is 0.305 e. The lowest BCUT2D eigenvalue weighted by Crippen LogP contribution is -2.30. The van der Waals surface area contributed by atoms with E-state index in [1.165, 1.54) is 0 Å². The molecule has 0 aromatic heterocycles. The fraction of sp³-hybridized carbons (Fsp3) is 0.280. The number of fused-ring (bicyclic) bond motifs is 1. The summed E-state index contributed by atoms with van der Waals surface area (Å²) >= 11 is 6.10. The molecule has 0 radical (unpaired) electrons. The fourth-order valence-electron chi connectivity index (χ4n) is 3.74. The third-order valence-corrected chi connectivity index (χ3v) is 5.81. The Morgan fingerprint density at radius 3 is 2.41 bits per heavy atom. The third-order valence-electron chi connectivity index (χ3n) is 5.57. The molecule has 0 amide bonds. The number of carbonyl (C=O) groups is 2. The Kier molecular flexibility index (Phi) is 7.59. The average molecular weight is 455 g/mol. The van der Waals surface area contributed by atoms with E-state index in [1.54, 1.807) is 0 Å². The lowest BCUT2D eigenvalue weighted by molar-refractivity contribution is -0.137. The van der Waals surface area contributed by atoms with E-state index in [4.69, 9.17) is 21.8 Å². The lowest BCUT2D eigenvalue weighted by Gasteiger charge is -2.30. The number of hydrogen-bond donors (Lipinski definition) is 2. The van der Waals surface area contributed by atoms with Gasteiger partial charge in [-0.3, -0.25) is 9.59 Å². The van der Waals surface area contributed by atoms with Crippen molar-refractivity contribution >= 4 is 47.1 Å². The molecule has 0 fully saturated rings. The standard InChI is InChI=1S/C25H27ClN2O4/c1-17-15-22(28(13-11-24(29)30)14-12-25(31)32)9-4-18(17)3-7-21-8-5-19-16-20(26)6-10-23(19)27(21)2/h3-10,15-16,21H,11-14H2,1-2H3,(H,29,30)(H,31,32)/b7-3+. The first-order valence-electron chi connectivity index (χ1n) is 10.4. The molecule has 3 rings (SSSR count). The molecule has 1 unspecified atom stereocenters. The van der Waals surface area contributed by atoms with Gasteiger partial charge in [-0.15, -0.1) is 0 Å². The van der Waals surface area contributed by atoms with E-state index in [-0.39, 0.29) is 32.0 Å². The van der Waals surface area contributed by atoms with E-state index >= 15 is 0 Å². The van der Waals surface area contributed by atoms with E-state index in [0.29, 0.717) is 5.02 Å². The molecule has 168 valence electrons. The molecule has 0 saturated heterocycles. The molecule has 0 saturated carbocycles. The molecule has 1 heterocycles. The number of benzene rings is 2. The van der Waals surface area contributed by atoms with Gasteiger partial charge in [0.15, 0.2) is 0 Å². The van der Waals surface area contributed by atoms with Gasteiger partial charge in [0.1, 0.15) is 0 Å². The molecule has 32 heavy (non-hydrogen) atoms. The predicted octanol–water partition coefficient (Wildman–Crippen LogP) is 4.95. The van der Waals surface area contributed by atoms with Gasteiger partial charge in [0.05, 0.1) is 18.9 Å². The normalized spacial score (nSPS) is 15.1. The van der Waals surface area contributed by atoms with Crippen LogP contribution in [0.1, 0.15) is 29.5 Å². The fourth-order valence-corrected chi connectivity index (χ4v) is 3.92. The zero-order valence-corrected chi connectivity index (χ0v) is 18.9. The number of nitrogens with zero attached hydrogens (tertiary/aromatic N) is 2. The molecule has 2 aromatic carbocycles. The van der Waals surface area contributed by atoms with Crippen LogP contribution in [-0.4, -0.2) is 48.3 Å². The summed E-state index contributed by atoms with van der Waals surface area (Å²) in [6.07, 6.45) is 8.31. The number of anilines is 2. The number of hydrogen-bond acceptors (Lipinski definition) is 4. The Balaban J connectivity index is 1.75. The Bertz CT molecular complexity index is 1050. The number of likely N-dealkylation sites (N-methyl/N-ethyl adjacent to an activating group) is 1. The summed E-state index contributed by atoms with van der Waals surface area (Å²) in [6.45, 7) is 2.52. The number of rotatable bonds is 9. The molecule has 1 aliphatic rings. The highest BCUT2D eigenvalue weighted by molar-refractivity contribution is 6.30. The highest BCUT2D eigenvalue weighted by Gasteiger charge is 2.17. The molecule has 6 nitrogen and oxygen atoms in total. The smallest absolute Gasteiger partial charge is 0.305 e. The van der Waals surface area contributed by atoms with Crippen LogP contribution in [0.2, 0.25) is 5.02 Å².